The van der Waals surface area contributed by atoms with Crippen LogP contribution in [0.15, 0.2) is 24.3 Å². The molecule has 1 rings (SSSR count). The van der Waals surface area contributed by atoms with Gasteiger partial charge < -0.3 is 5.11 Å². The fourth-order valence-electron chi connectivity index (χ4n) is 0.814. The Labute approximate surface area is 77.3 Å². The first kappa shape index (κ1) is 12.0. The van der Waals surface area contributed by atoms with Crippen LogP contribution in [0.1, 0.15) is 10.4 Å². The summed E-state index contributed by atoms with van der Waals surface area (Å²) in [5, 5.41) is 24.3. The molecule has 0 saturated carbocycles. The van der Waals surface area contributed by atoms with Gasteiger partial charge in [0.25, 0.3) is 5.69 Å². The number of carbonyl (C=O) groups is 1. The van der Waals surface area contributed by atoms with Gasteiger partial charge in [-0.1, -0.05) is 16.7 Å². The zero-order chi connectivity index (χ0) is 11.1. The zero-order valence-corrected chi connectivity index (χ0v) is 6.75. The van der Waals surface area contributed by atoms with Crippen molar-refractivity contribution in [3.05, 3.63) is 39.9 Å². The van der Waals surface area contributed by atoms with E-state index in [4.69, 9.17) is 14.9 Å². The van der Waals surface area contributed by atoms with E-state index in [1.165, 1.54) is 18.2 Å². The molecule has 0 radical (unpaired) electrons. The maximum Gasteiger partial charge on any atom is 0.342 e. The zero-order valence-electron chi connectivity index (χ0n) is 6.75. The summed E-state index contributed by atoms with van der Waals surface area (Å²) in [5.74, 6) is -1.29. The third-order valence-electron chi connectivity index (χ3n) is 1.33. The minimum absolute atomic E-state index is 0.289. The van der Waals surface area contributed by atoms with Gasteiger partial charge >= 0.3 is 5.97 Å². The Kier molecular flexibility index (Phi) is 4.79. The molecule has 2 N–H and O–H groups in total. The highest BCUT2D eigenvalue weighted by Crippen LogP contribution is 2.16. The second-order valence-corrected chi connectivity index (χ2v) is 2.08. The minimum atomic E-state index is -1.29. The maximum atomic E-state index is 10.4. The number of carboxylic acid groups (broad SMARTS) is 1. The third-order valence-corrected chi connectivity index (χ3v) is 1.33. The summed E-state index contributed by atoms with van der Waals surface area (Å²) in [5.41, 5.74) is -0.674. The van der Waals surface area contributed by atoms with Crippen molar-refractivity contribution in [2.75, 3.05) is 0 Å². The molecular weight excluding hydrogens is 197 g/mol. The average molecular weight is 203 g/mol. The van der Waals surface area contributed by atoms with Gasteiger partial charge in [0.15, 0.2) is 0 Å². The van der Waals surface area contributed by atoms with Crippen molar-refractivity contribution >= 4 is 11.7 Å². The van der Waals surface area contributed by atoms with Gasteiger partial charge in [0.05, 0.1) is 4.92 Å². The van der Waals surface area contributed by atoms with Gasteiger partial charge in [0.1, 0.15) is 5.56 Å². The lowest BCUT2D eigenvalue weighted by atomic mass is 10.2. The molecule has 6 nitrogen and oxygen atoms in total. The summed E-state index contributed by atoms with van der Waals surface area (Å²) in [6.07, 6.45) is 0. The molecule has 7 heteroatoms. The molecule has 0 bridgehead atoms. The third kappa shape index (κ3) is 2.79. The maximum absolute atomic E-state index is 10.4. The highest BCUT2D eigenvalue weighted by atomic mass is 19.3. The molecule has 1 aromatic carbocycles. The molecule has 0 aliphatic rings. The van der Waals surface area contributed by atoms with Gasteiger partial charge in [-0.15, -0.1) is 0 Å². The van der Waals surface area contributed by atoms with Gasteiger partial charge in [0, 0.05) is 6.07 Å². The minimum Gasteiger partial charge on any atom is -0.477 e. The Morgan fingerprint density at radius 1 is 1.36 bits per heavy atom. The van der Waals surface area contributed by atoms with Crippen LogP contribution >= 0.6 is 0 Å². The second kappa shape index (κ2) is 5.60. The number of nitro benzene ring substituents is 1. The van der Waals surface area contributed by atoms with E-state index in [0.29, 0.717) is 0 Å². The number of nitrogens with zero attached hydrogens (tertiary/aromatic N) is 1. The first-order chi connectivity index (χ1) is 6.63. The molecule has 14 heavy (non-hydrogen) atoms. The fraction of sp³-hybridized carbons (Fsp3) is 0. The molecule has 1 aromatic rings. The van der Waals surface area contributed by atoms with Crippen LogP contribution in [0.3, 0.4) is 0 Å². The number of rotatable bonds is 2. The Hall–Kier alpha value is -2.02. The lowest BCUT2D eigenvalue weighted by molar-refractivity contribution is -0.385. The Balaban J connectivity index is 0.000000791. The monoisotopic (exact) mass is 203 g/mol. The van der Waals surface area contributed by atoms with Crippen molar-refractivity contribution < 1.29 is 24.7 Å². The smallest absolute Gasteiger partial charge is 0.342 e. The van der Waals surface area contributed by atoms with Crippen molar-refractivity contribution in [1.82, 2.24) is 0 Å². The van der Waals surface area contributed by atoms with Crippen molar-refractivity contribution in [3.63, 3.8) is 0 Å². The molecule has 0 aliphatic carbocycles. The summed E-state index contributed by atoms with van der Waals surface area (Å²) in [6.45, 7) is 0. The highest BCUT2D eigenvalue weighted by Gasteiger charge is 2.17. The number of benzene rings is 1. The van der Waals surface area contributed by atoms with Crippen LogP contribution in [0.2, 0.25) is 0 Å². The predicted octanol–water partition coefficient (Wildman–Crippen LogP) is 1.16. The lowest BCUT2D eigenvalue weighted by Gasteiger charge is -1.94. The summed E-state index contributed by atoms with van der Waals surface area (Å²) in [6, 6.07) is 5.21. The van der Waals surface area contributed by atoms with E-state index in [1.807, 2.05) is 0 Å². The van der Waals surface area contributed by atoms with Crippen molar-refractivity contribution in [2.45, 2.75) is 0 Å². The molecule has 0 amide bonds. The van der Waals surface area contributed by atoms with E-state index in [2.05, 4.69) is 0 Å². The van der Waals surface area contributed by atoms with Crippen LogP contribution in [-0.2, 0) is 0 Å². The normalized spacial score (nSPS) is 8.43. The second-order valence-electron chi connectivity index (χ2n) is 2.08. The van der Waals surface area contributed by atoms with Gasteiger partial charge in [-0.25, -0.2) is 10.1 Å². The van der Waals surface area contributed by atoms with E-state index in [1.54, 1.807) is 0 Å². The van der Waals surface area contributed by atoms with Gasteiger partial charge in [-0.05, 0) is 6.07 Å². The molecule has 0 aliphatic heterocycles. The summed E-state index contributed by atoms with van der Waals surface area (Å²) in [7, 11) is 0. The first-order valence-corrected chi connectivity index (χ1v) is 3.26. The lowest BCUT2D eigenvalue weighted by Crippen LogP contribution is -2.01. The molecule has 0 atom stereocenters. The number of halogens is 1. The molecule has 76 valence electrons. The predicted molar refractivity (Wildman–Crippen MR) is 43.4 cm³/mol. The Morgan fingerprint density at radius 3 is 2.21 bits per heavy atom. The summed E-state index contributed by atoms with van der Waals surface area (Å²) >= 11 is 0. The van der Waals surface area contributed by atoms with Crippen LogP contribution in [0.25, 0.3) is 0 Å². The van der Waals surface area contributed by atoms with E-state index >= 15 is 0 Å². The van der Waals surface area contributed by atoms with E-state index < -0.39 is 10.9 Å². The van der Waals surface area contributed by atoms with Crippen LogP contribution < -0.4 is 0 Å². The van der Waals surface area contributed by atoms with Gasteiger partial charge in [0.2, 0.25) is 0 Å². The van der Waals surface area contributed by atoms with Crippen molar-refractivity contribution in [2.24, 2.45) is 0 Å². The number of nitro groups is 1. The quantitative estimate of drug-likeness (QED) is 0.554. The largest absolute Gasteiger partial charge is 0.477 e. The van der Waals surface area contributed by atoms with Gasteiger partial charge in [-0.3, -0.25) is 10.1 Å². The standard InChI is InChI=1S/C7H5NO4.FHO/c9-7(10)5-3-1-2-4-6(5)8(11)12;1-2/h1-4H,(H,9,10);2H. The van der Waals surface area contributed by atoms with Gasteiger partial charge in [-0.2, -0.15) is 0 Å². The number of aromatic carboxylic acids is 1. The summed E-state index contributed by atoms with van der Waals surface area (Å²) in [4.78, 5) is 20.0. The number of carboxylic acids is 1. The van der Waals surface area contributed by atoms with Crippen LogP contribution in [0, 0.1) is 10.1 Å². The number of para-hydroxylation sites is 1. The molecule has 0 fully saturated rings. The fourth-order valence-corrected chi connectivity index (χ4v) is 0.814. The topological polar surface area (TPSA) is 101 Å². The van der Waals surface area contributed by atoms with E-state index in [-0.39, 0.29) is 11.3 Å². The van der Waals surface area contributed by atoms with Crippen molar-refractivity contribution in [3.8, 4) is 0 Å². The van der Waals surface area contributed by atoms with Crippen LogP contribution in [0.4, 0.5) is 10.2 Å². The van der Waals surface area contributed by atoms with E-state index in [9.17, 15) is 14.9 Å². The Bertz CT molecular complexity index is 308. The molecule has 0 aromatic heterocycles. The van der Waals surface area contributed by atoms with E-state index in [0.717, 1.165) is 6.07 Å². The molecule has 0 spiro atoms. The molecule has 0 saturated heterocycles. The van der Waals surface area contributed by atoms with Crippen molar-refractivity contribution in [1.29, 1.82) is 0 Å². The highest BCUT2D eigenvalue weighted by molar-refractivity contribution is 5.92. The van der Waals surface area contributed by atoms with Crippen LogP contribution in [0.5, 0.6) is 0 Å². The number of hydrogen-bond acceptors (Lipinski definition) is 4. The Morgan fingerprint density at radius 2 is 1.86 bits per heavy atom. The average Bonchev–Trinajstić information content (AvgIpc) is 2.20. The SMILES string of the molecule is O=C(O)c1ccccc1[N+](=O)[O-].OF. The molecule has 0 unspecified atom stereocenters. The molecule has 0 heterocycles. The summed E-state index contributed by atoms with van der Waals surface area (Å²) < 4.78 is 8.50. The number of hydrogen-bond donors (Lipinski definition) is 2. The first-order valence-electron chi connectivity index (χ1n) is 3.26. The molecular formula is C7H6FNO5. The van der Waals surface area contributed by atoms with Crippen LogP contribution in [-0.4, -0.2) is 21.3 Å².